The third-order valence-electron chi connectivity index (χ3n) is 3.03. The Hall–Kier alpha value is -2.54. The molecule has 0 radical (unpaired) electrons. The van der Waals surface area contributed by atoms with Crippen LogP contribution in [0.25, 0.3) is 10.9 Å². The van der Waals surface area contributed by atoms with Crippen LogP contribution in [-0.2, 0) is 11.3 Å². The molecule has 0 saturated carbocycles. The summed E-state index contributed by atoms with van der Waals surface area (Å²) in [7, 11) is 0. The third-order valence-corrected chi connectivity index (χ3v) is 3.79. The number of rotatable bonds is 4. The number of hydrogen-bond donors (Lipinski definition) is 1. The van der Waals surface area contributed by atoms with Crippen LogP contribution in [0.5, 0.6) is 0 Å². The molecule has 0 saturated heterocycles. The molecule has 106 valence electrons. The Kier molecular flexibility index (Phi) is 3.49. The molecule has 0 bridgehead atoms. The molecule has 0 aliphatic heterocycles. The lowest BCUT2D eigenvalue weighted by atomic mass is 10.2. The van der Waals surface area contributed by atoms with Crippen molar-refractivity contribution < 1.29 is 9.59 Å². The van der Waals surface area contributed by atoms with Crippen LogP contribution in [0.1, 0.15) is 15.4 Å². The number of hydrogen-bond acceptors (Lipinski definition) is 5. The molecule has 0 atom stereocenters. The third kappa shape index (κ3) is 2.68. The highest BCUT2D eigenvalue weighted by atomic mass is 32.1. The van der Waals surface area contributed by atoms with Crippen LogP contribution in [-0.4, -0.2) is 27.0 Å². The highest BCUT2D eigenvalue weighted by Crippen LogP contribution is 2.20. The maximum Gasteiger partial charge on any atom is 0.246 e. The summed E-state index contributed by atoms with van der Waals surface area (Å²) < 4.78 is 1.75. The number of anilines is 1. The molecule has 0 aliphatic rings. The monoisotopic (exact) mass is 300 g/mol. The largest absolute Gasteiger partial charge is 0.337 e. The van der Waals surface area contributed by atoms with Crippen molar-refractivity contribution in [3.8, 4) is 0 Å². The summed E-state index contributed by atoms with van der Waals surface area (Å²) in [5.74, 6) is -0.204. The van der Waals surface area contributed by atoms with E-state index in [1.54, 1.807) is 10.8 Å². The summed E-state index contributed by atoms with van der Waals surface area (Å²) >= 11 is 1.32. The van der Waals surface area contributed by atoms with Gasteiger partial charge in [-0.1, -0.05) is 29.5 Å². The lowest BCUT2D eigenvalue weighted by Gasteiger charge is -2.04. The van der Waals surface area contributed by atoms with Gasteiger partial charge in [0.05, 0.1) is 0 Å². The van der Waals surface area contributed by atoms with E-state index < -0.39 is 0 Å². The molecule has 3 aromatic rings. The van der Waals surface area contributed by atoms with Crippen molar-refractivity contribution in [1.29, 1.82) is 0 Å². The van der Waals surface area contributed by atoms with E-state index >= 15 is 0 Å². The molecule has 1 amide bonds. The lowest BCUT2D eigenvalue weighted by Crippen LogP contribution is -2.18. The van der Waals surface area contributed by atoms with Gasteiger partial charge >= 0.3 is 0 Å². The molecule has 6 nitrogen and oxygen atoms in total. The average molecular weight is 300 g/mol. The van der Waals surface area contributed by atoms with E-state index in [-0.39, 0.29) is 12.5 Å². The summed E-state index contributed by atoms with van der Waals surface area (Å²) in [6, 6.07) is 7.48. The van der Waals surface area contributed by atoms with Crippen LogP contribution in [0.3, 0.4) is 0 Å². The molecule has 0 fully saturated rings. The molecule has 0 unspecified atom stereocenters. The average Bonchev–Trinajstić information content (AvgIpc) is 3.03. The summed E-state index contributed by atoms with van der Waals surface area (Å²) in [6.07, 6.45) is 2.48. The number of aldehydes is 1. The topological polar surface area (TPSA) is 76.9 Å². The fourth-order valence-corrected chi connectivity index (χ4v) is 2.77. The fourth-order valence-electron chi connectivity index (χ4n) is 2.16. The molecular formula is C14H12N4O2S. The van der Waals surface area contributed by atoms with Crippen molar-refractivity contribution >= 4 is 39.6 Å². The maximum atomic E-state index is 12.1. The van der Waals surface area contributed by atoms with Gasteiger partial charge in [0.1, 0.15) is 11.6 Å². The first-order valence-electron chi connectivity index (χ1n) is 6.30. The number of aromatic nitrogens is 3. The predicted molar refractivity (Wildman–Crippen MR) is 80.6 cm³/mol. The molecular weight excluding hydrogens is 288 g/mol. The Bertz CT molecular complexity index is 821. The first kappa shape index (κ1) is 13.4. The van der Waals surface area contributed by atoms with Crippen LogP contribution in [0.4, 0.5) is 5.13 Å². The molecule has 2 aromatic heterocycles. The van der Waals surface area contributed by atoms with E-state index in [0.29, 0.717) is 10.7 Å². The smallest absolute Gasteiger partial charge is 0.246 e. The van der Waals surface area contributed by atoms with Gasteiger partial charge < -0.3 is 4.57 Å². The summed E-state index contributed by atoms with van der Waals surface area (Å²) in [6.45, 7) is 1.94. The zero-order valence-electron chi connectivity index (χ0n) is 11.2. The minimum absolute atomic E-state index is 0.118. The second-order valence-electron chi connectivity index (χ2n) is 4.52. The number of benzene rings is 1. The number of carbonyl (C=O) groups excluding carboxylic acids is 2. The van der Waals surface area contributed by atoms with Gasteiger partial charge in [-0.15, -0.1) is 10.2 Å². The van der Waals surface area contributed by atoms with Crippen molar-refractivity contribution in [3.05, 3.63) is 41.0 Å². The number of amides is 1. The number of para-hydroxylation sites is 1. The van der Waals surface area contributed by atoms with Gasteiger partial charge in [-0.05, 0) is 13.0 Å². The first-order valence-corrected chi connectivity index (χ1v) is 7.12. The highest BCUT2D eigenvalue weighted by molar-refractivity contribution is 7.15. The number of fused-ring (bicyclic) bond motifs is 1. The number of nitrogens with one attached hydrogen (secondary N) is 1. The van der Waals surface area contributed by atoms with Crippen LogP contribution in [0.15, 0.2) is 30.5 Å². The van der Waals surface area contributed by atoms with Gasteiger partial charge in [-0.2, -0.15) is 0 Å². The van der Waals surface area contributed by atoms with Gasteiger partial charge in [-0.25, -0.2) is 0 Å². The second-order valence-corrected chi connectivity index (χ2v) is 5.70. The maximum absolute atomic E-state index is 12.1. The van der Waals surface area contributed by atoms with E-state index in [0.717, 1.165) is 22.2 Å². The number of nitrogens with zero attached hydrogens (tertiary/aromatic N) is 3. The van der Waals surface area contributed by atoms with Gasteiger partial charge in [0.25, 0.3) is 0 Å². The van der Waals surface area contributed by atoms with Crippen LogP contribution >= 0.6 is 11.3 Å². The van der Waals surface area contributed by atoms with Crippen LogP contribution in [0, 0.1) is 6.92 Å². The summed E-state index contributed by atoms with van der Waals surface area (Å²) in [4.78, 5) is 23.1. The van der Waals surface area contributed by atoms with E-state index in [9.17, 15) is 9.59 Å². The number of carbonyl (C=O) groups is 2. The molecule has 0 aliphatic carbocycles. The Morgan fingerprint density at radius 3 is 2.90 bits per heavy atom. The zero-order chi connectivity index (χ0) is 14.8. The quantitative estimate of drug-likeness (QED) is 0.750. The van der Waals surface area contributed by atoms with Gasteiger partial charge in [0, 0.05) is 22.7 Å². The normalized spacial score (nSPS) is 10.7. The van der Waals surface area contributed by atoms with Crippen molar-refractivity contribution in [2.45, 2.75) is 13.5 Å². The standard InChI is InChI=1S/C14H12N4O2S/c1-9-16-17-14(21-9)15-13(20)7-18-6-10(8-19)11-4-2-3-5-12(11)18/h2-6,8H,7H2,1H3,(H,15,17,20). The first-order chi connectivity index (χ1) is 10.2. The minimum Gasteiger partial charge on any atom is -0.337 e. The molecule has 1 N–H and O–H groups in total. The zero-order valence-corrected chi connectivity index (χ0v) is 12.1. The van der Waals surface area contributed by atoms with Crippen LogP contribution < -0.4 is 5.32 Å². The highest BCUT2D eigenvalue weighted by Gasteiger charge is 2.11. The Morgan fingerprint density at radius 1 is 1.38 bits per heavy atom. The Morgan fingerprint density at radius 2 is 2.19 bits per heavy atom. The van der Waals surface area contributed by atoms with E-state index in [1.807, 2.05) is 31.2 Å². The molecule has 21 heavy (non-hydrogen) atoms. The summed E-state index contributed by atoms with van der Waals surface area (Å²) in [5.41, 5.74) is 1.42. The molecule has 2 heterocycles. The van der Waals surface area contributed by atoms with E-state index in [2.05, 4.69) is 15.5 Å². The van der Waals surface area contributed by atoms with Gasteiger partial charge in [-0.3, -0.25) is 14.9 Å². The van der Waals surface area contributed by atoms with Crippen molar-refractivity contribution in [3.63, 3.8) is 0 Å². The Labute approximate surface area is 124 Å². The Balaban J connectivity index is 1.84. The minimum atomic E-state index is -0.204. The van der Waals surface area contributed by atoms with Gasteiger partial charge in [0.15, 0.2) is 6.29 Å². The summed E-state index contributed by atoms with van der Waals surface area (Å²) in [5, 5.41) is 12.5. The molecule has 0 spiro atoms. The second kappa shape index (κ2) is 5.45. The van der Waals surface area contributed by atoms with Crippen LogP contribution in [0.2, 0.25) is 0 Å². The number of aryl methyl sites for hydroxylation is 1. The van der Waals surface area contributed by atoms with Crippen molar-refractivity contribution in [2.75, 3.05) is 5.32 Å². The SMILES string of the molecule is Cc1nnc(NC(=O)Cn2cc(C=O)c3ccccc32)s1. The lowest BCUT2D eigenvalue weighted by molar-refractivity contribution is -0.116. The van der Waals surface area contributed by atoms with Crippen molar-refractivity contribution in [1.82, 2.24) is 14.8 Å². The molecule has 3 rings (SSSR count). The predicted octanol–water partition coefficient (Wildman–Crippen LogP) is 2.25. The molecule has 1 aromatic carbocycles. The molecule has 7 heteroatoms. The van der Waals surface area contributed by atoms with E-state index in [1.165, 1.54) is 11.3 Å². The van der Waals surface area contributed by atoms with E-state index in [4.69, 9.17) is 0 Å². The fraction of sp³-hybridized carbons (Fsp3) is 0.143. The van der Waals surface area contributed by atoms with Gasteiger partial charge in [0.2, 0.25) is 11.0 Å². The van der Waals surface area contributed by atoms with Crippen molar-refractivity contribution in [2.24, 2.45) is 0 Å².